The Morgan fingerprint density at radius 1 is 0.875 bits per heavy atom. The summed E-state index contributed by atoms with van der Waals surface area (Å²) in [5.41, 5.74) is 4.19. The van der Waals surface area contributed by atoms with Crippen LogP contribution in [0.4, 0.5) is 0 Å². The summed E-state index contributed by atoms with van der Waals surface area (Å²) in [5, 5.41) is 4.90. The second kappa shape index (κ2) is 8.70. The average Bonchev–Trinajstić information content (AvgIpc) is 2.97. The van der Waals surface area contributed by atoms with E-state index >= 15 is 0 Å². The van der Waals surface area contributed by atoms with Crippen LogP contribution in [-0.2, 0) is 13.0 Å². The number of hydrogen-bond acceptors (Lipinski definition) is 1. The van der Waals surface area contributed by atoms with Gasteiger partial charge >= 0.3 is 0 Å². The minimum absolute atomic E-state index is 0.944. The molecule has 2 aromatic carbocycles. The van der Waals surface area contributed by atoms with Crippen LogP contribution >= 0.6 is 0 Å². The van der Waals surface area contributed by atoms with Gasteiger partial charge in [-0.05, 0) is 56.0 Å². The first kappa shape index (κ1) is 16.8. The molecule has 3 aromatic rings. The molecule has 0 aliphatic carbocycles. The molecule has 0 fully saturated rings. The Bertz CT molecular complexity index is 743. The molecule has 1 heterocycles. The fraction of sp³-hybridized carbons (Fsp3) is 0.364. The Balaban J connectivity index is 1.69. The van der Waals surface area contributed by atoms with Crippen molar-refractivity contribution in [2.75, 3.05) is 13.1 Å². The number of unbranched alkanes of at least 4 members (excludes halogenated alkanes) is 1. The summed E-state index contributed by atoms with van der Waals surface area (Å²) in [4.78, 5) is 0. The van der Waals surface area contributed by atoms with Gasteiger partial charge in [0.2, 0.25) is 0 Å². The lowest BCUT2D eigenvalue weighted by Crippen LogP contribution is -2.15. The molecular formula is C22H28N2. The summed E-state index contributed by atoms with van der Waals surface area (Å²) in [6.07, 6.45) is 7.23. The number of rotatable bonds is 9. The number of hydrogen-bond donors (Lipinski definition) is 1. The summed E-state index contributed by atoms with van der Waals surface area (Å²) in [6.45, 7) is 5.43. The summed E-state index contributed by atoms with van der Waals surface area (Å²) in [6, 6.07) is 19.5. The Kier molecular flexibility index (Phi) is 6.08. The molecule has 0 aliphatic heterocycles. The van der Waals surface area contributed by atoms with Gasteiger partial charge in [0, 0.05) is 23.6 Å². The maximum absolute atomic E-state index is 3.49. The van der Waals surface area contributed by atoms with Gasteiger partial charge in [-0.2, -0.15) is 0 Å². The van der Waals surface area contributed by atoms with E-state index in [2.05, 4.69) is 77.6 Å². The number of aryl methyl sites for hydroxylation is 1. The van der Waals surface area contributed by atoms with Gasteiger partial charge in [-0.15, -0.1) is 0 Å². The van der Waals surface area contributed by atoms with Gasteiger partial charge in [-0.1, -0.05) is 55.5 Å². The average molecular weight is 320 g/mol. The number of aromatic nitrogens is 1. The van der Waals surface area contributed by atoms with E-state index in [9.17, 15) is 0 Å². The first-order chi connectivity index (χ1) is 11.9. The molecule has 24 heavy (non-hydrogen) atoms. The van der Waals surface area contributed by atoms with Crippen LogP contribution in [0.15, 0.2) is 60.8 Å². The first-order valence-corrected chi connectivity index (χ1v) is 9.20. The summed E-state index contributed by atoms with van der Waals surface area (Å²) in [7, 11) is 0. The van der Waals surface area contributed by atoms with Gasteiger partial charge in [-0.25, -0.2) is 0 Å². The van der Waals surface area contributed by atoms with Crippen LogP contribution in [0.25, 0.3) is 10.9 Å². The predicted molar refractivity (Wildman–Crippen MR) is 104 cm³/mol. The fourth-order valence-electron chi connectivity index (χ4n) is 3.30. The van der Waals surface area contributed by atoms with Crippen LogP contribution in [0.2, 0.25) is 0 Å². The Morgan fingerprint density at radius 3 is 2.50 bits per heavy atom. The minimum atomic E-state index is 0.944. The minimum Gasteiger partial charge on any atom is -0.343 e. The molecule has 0 bridgehead atoms. The normalized spacial score (nSPS) is 11.2. The molecule has 0 unspecified atom stereocenters. The second-order valence-electron chi connectivity index (χ2n) is 6.49. The van der Waals surface area contributed by atoms with Crippen molar-refractivity contribution in [3.8, 4) is 0 Å². The van der Waals surface area contributed by atoms with Crippen LogP contribution < -0.4 is 5.32 Å². The molecule has 0 saturated heterocycles. The molecule has 0 aliphatic rings. The largest absolute Gasteiger partial charge is 0.343 e. The highest BCUT2D eigenvalue weighted by Crippen LogP contribution is 2.23. The van der Waals surface area contributed by atoms with Crippen molar-refractivity contribution in [1.29, 1.82) is 0 Å². The number of nitrogens with zero attached hydrogens (tertiary/aromatic N) is 1. The van der Waals surface area contributed by atoms with Crippen molar-refractivity contribution in [3.05, 3.63) is 71.9 Å². The second-order valence-corrected chi connectivity index (χ2v) is 6.49. The van der Waals surface area contributed by atoms with Crippen molar-refractivity contribution < 1.29 is 0 Å². The van der Waals surface area contributed by atoms with E-state index in [-0.39, 0.29) is 0 Å². The molecule has 0 atom stereocenters. The predicted octanol–water partition coefficient (Wildman–Crippen LogP) is 5.01. The summed E-state index contributed by atoms with van der Waals surface area (Å²) < 4.78 is 2.40. The van der Waals surface area contributed by atoms with E-state index in [0.29, 0.717) is 0 Å². The SMILES string of the molecule is CCCNCCCCc1cn(Cc2ccccc2)c2ccccc12. The summed E-state index contributed by atoms with van der Waals surface area (Å²) in [5.74, 6) is 0. The zero-order valence-electron chi connectivity index (χ0n) is 14.7. The monoisotopic (exact) mass is 320 g/mol. The quantitative estimate of drug-likeness (QED) is 0.548. The number of benzene rings is 2. The molecule has 2 heteroatoms. The van der Waals surface area contributed by atoms with Gasteiger partial charge in [0.1, 0.15) is 0 Å². The topological polar surface area (TPSA) is 17.0 Å². The van der Waals surface area contributed by atoms with Crippen molar-refractivity contribution in [3.63, 3.8) is 0 Å². The zero-order chi connectivity index (χ0) is 16.6. The molecule has 0 radical (unpaired) electrons. The van der Waals surface area contributed by atoms with E-state index in [0.717, 1.165) is 26.1 Å². The maximum atomic E-state index is 3.49. The van der Waals surface area contributed by atoms with Crippen molar-refractivity contribution >= 4 is 10.9 Å². The third kappa shape index (κ3) is 4.27. The lowest BCUT2D eigenvalue weighted by atomic mass is 10.1. The van der Waals surface area contributed by atoms with Crippen LogP contribution in [-0.4, -0.2) is 17.7 Å². The van der Waals surface area contributed by atoms with Crippen molar-refractivity contribution in [2.45, 2.75) is 39.2 Å². The third-order valence-corrected chi connectivity index (χ3v) is 4.54. The number of nitrogens with one attached hydrogen (secondary N) is 1. The Hall–Kier alpha value is -2.06. The van der Waals surface area contributed by atoms with E-state index in [4.69, 9.17) is 0 Å². The number of para-hydroxylation sites is 1. The lowest BCUT2D eigenvalue weighted by Gasteiger charge is -2.05. The van der Waals surface area contributed by atoms with Gasteiger partial charge in [-0.3, -0.25) is 0 Å². The van der Waals surface area contributed by atoms with Crippen molar-refractivity contribution in [2.24, 2.45) is 0 Å². The van der Waals surface area contributed by atoms with Gasteiger partial charge < -0.3 is 9.88 Å². The van der Waals surface area contributed by atoms with Crippen LogP contribution in [0, 0.1) is 0 Å². The van der Waals surface area contributed by atoms with E-state index in [1.165, 1.54) is 41.3 Å². The van der Waals surface area contributed by atoms with Crippen LogP contribution in [0.1, 0.15) is 37.3 Å². The highest BCUT2D eigenvalue weighted by atomic mass is 15.0. The smallest absolute Gasteiger partial charge is 0.0486 e. The molecule has 2 nitrogen and oxygen atoms in total. The van der Waals surface area contributed by atoms with Crippen LogP contribution in [0.5, 0.6) is 0 Å². The molecule has 126 valence electrons. The third-order valence-electron chi connectivity index (χ3n) is 4.54. The Labute approximate surface area is 145 Å². The maximum Gasteiger partial charge on any atom is 0.0486 e. The van der Waals surface area contributed by atoms with E-state index in [1.54, 1.807) is 0 Å². The van der Waals surface area contributed by atoms with Crippen LogP contribution in [0.3, 0.4) is 0 Å². The first-order valence-electron chi connectivity index (χ1n) is 9.20. The highest BCUT2D eigenvalue weighted by Gasteiger charge is 2.08. The molecule has 0 spiro atoms. The summed E-state index contributed by atoms with van der Waals surface area (Å²) >= 11 is 0. The lowest BCUT2D eigenvalue weighted by molar-refractivity contribution is 0.617. The van der Waals surface area contributed by atoms with E-state index in [1.807, 2.05) is 0 Å². The number of fused-ring (bicyclic) bond motifs is 1. The molecule has 0 amide bonds. The zero-order valence-corrected chi connectivity index (χ0v) is 14.7. The molecule has 1 aromatic heterocycles. The fourth-order valence-corrected chi connectivity index (χ4v) is 3.30. The van der Waals surface area contributed by atoms with Gasteiger partial charge in [0.05, 0.1) is 0 Å². The molecule has 0 saturated carbocycles. The van der Waals surface area contributed by atoms with Crippen molar-refractivity contribution in [1.82, 2.24) is 9.88 Å². The highest BCUT2D eigenvalue weighted by molar-refractivity contribution is 5.84. The molecular weight excluding hydrogens is 292 g/mol. The van der Waals surface area contributed by atoms with Gasteiger partial charge in [0.25, 0.3) is 0 Å². The Morgan fingerprint density at radius 2 is 1.67 bits per heavy atom. The molecule has 1 N–H and O–H groups in total. The van der Waals surface area contributed by atoms with Gasteiger partial charge in [0.15, 0.2) is 0 Å². The standard InChI is InChI=1S/C22H28N2/c1-2-15-23-16-9-8-12-20-18-24(17-19-10-4-3-5-11-19)22-14-7-6-13-21(20)22/h3-7,10-11,13-14,18,23H,2,8-9,12,15-17H2,1H3. The van der Waals surface area contributed by atoms with E-state index < -0.39 is 0 Å². The molecule has 3 rings (SSSR count).